The molecule has 1 amide bonds. The number of halogens is 7. The monoisotopic (exact) mass is 839 g/mol. The van der Waals surface area contributed by atoms with Crippen LogP contribution in [0.5, 0.6) is 0 Å². The number of carbonyl (C=O) groups is 1. The molecule has 4 aromatic heterocycles. The van der Waals surface area contributed by atoms with Gasteiger partial charge in [-0.25, -0.2) is 27.2 Å². The van der Waals surface area contributed by atoms with E-state index in [1.54, 1.807) is 49.0 Å². The molecule has 2 atom stereocenters. The maximum Gasteiger partial charge on any atom is 0.435 e. The second kappa shape index (κ2) is 15.0. The Morgan fingerprint density at radius 1 is 1.07 bits per heavy atom. The second-order valence-electron chi connectivity index (χ2n) is 13.9. The van der Waals surface area contributed by atoms with Crippen LogP contribution in [0.15, 0.2) is 73.7 Å². The first-order valence-corrected chi connectivity index (χ1v) is 19.5. The number of nitrogens with one attached hydrogen (secondary N) is 2. The van der Waals surface area contributed by atoms with Gasteiger partial charge in [0.25, 0.3) is 5.92 Å². The van der Waals surface area contributed by atoms with Gasteiger partial charge in [0.2, 0.25) is 15.9 Å². The predicted molar refractivity (Wildman–Crippen MR) is 201 cm³/mol. The standard InChI is InChI=1S/C39H32F7N9O3S/c1-5-22-16-30-35(39(44,45)46)50-55(36(30)38(22,42)43)19-32(56)49-31(15-21-13-23(40)17-24(41)14-21)33-27(12-10-25(48-33)9-11-26-18-47-20-53(26)2)28-7-6-8-29-34(28)54(3)51-37(29)52-59(4,57)58/h5-8,10,12-14,17-18,20,22,31H,1,15-16,19H2,2-4H3,(H,49,56)(H,51,52)/t22-,31+/m1/s1. The number of pyridine rings is 1. The van der Waals surface area contributed by atoms with E-state index in [2.05, 4.69) is 43.6 Å². The van der Waals surface area contributed by atoms with Crippen molar-refractivity contribution < 1.29 is 43.9 Å². The van der Waals surface area contributed by atoms with E-state index in [4.69, 9.17) is 4.98 Å². The SMILES string of the molecule is C=C[C@@H]1Cc2c(C(F)(F)F)nn(CC(=O)N[C@@H](Cc3cc(F)cc(F)c3)c3nc(C#Cc4cncn4C)ccc3-c3cccc4c(NS(C)(=O)=O)nn(C)c34)c2C1(F)F. The van der Waals surface area contributed by atoms with E-state index >= 15 is 8.78 Å². The van der Waals surface area contributed by atoms with Crippen LogP contribution < -0.4 is 10.0 Å². The average molecular weight is 840 g/mol. The molecule has 12 nitrogen and oxygen atoms in total. The minimum Gasteiger partial charge on any atom is -0.346 e. The van der Waals surface area contributed by atoms with Crippen LogP contribution in [0.1, 0.15) is 45.6 Å². The molecule has 20 heteroatoms. The summed E-state index contributed by atoms with van der Waals surface area (Å²) in [5.41, 5.74) is -1.63. The molecule has 0 saturated heterocycles. The molecule has 0 saturated carbocycles. The van der Waals surface area contributed by atoms with E-state index in [1.807, 2.05) is 0 Å². The van der Waals surface area contributed by atoms with Crippen LogP contribution in [-0.2, 0) is 60.4 Å². The number of rotatable bonds is 10. The van der Waals surface area contributed by atoms with Crippen molar-refractivity contribution >= 4 is 32.7 Å². The molecule has 2 aromatic carbocycles. The Labute approximate surface area is 331 Å². The molecule has 6 aromatic rings. The van der Waals surface area contributed by atoms with Crippen molar-refractivity contribution in [1.82, 2.24) is 39.4 Å². The van der Waals surface area contributed by atoms with Gasteiger partial charge in [0.1, 0.15) is 35.3 Å². The fourth-order valence-corrected chi connectivity index (χ4v) is 7.67. The Kier molecular flexibility index (Phi) is 10.4. The maximum absolute atomic E-state index is 15.6. The first kappa shape index (κ1) is 40.7. The summed E-state index contributed by atoms with van der Waals surface area (Å²) < 4.78 is 133. The molecule has 2 N–H and O–H groups in total. The number of alkyl halides is 5. The molecule has 0 unspecified atom stereocenters. The van der Waals surface area contributed by atoms with Gasteiger partial charge in [-0.1, -0.05) is 18.2 Å². The molecule has 0 radical (unpaired) electrons. The molecular formula is C39H32F7N9O3S. The number of aryl methyl sites for hydroxylation is 2. The zero-order chi connectivity index (χ0) is 42.6. The average Bonchev–Trinajstić information content (AvgIpc) is 3.87. The van der Waals surface area contributed by atoms with Crippen LogP contribution >= 0.6 is 0 Å². The van der Waals surface area contributed by atoms with Crippen LogP contribution in [-0.4, -0.2) is 54.7 Å². The van der Waals surface area contributed by atoms with E-state index in [9.17, 15) is 35.2 Å². The fourth-order valence-electron chi connectivity index (χ4n) is 7.17. The third-order valence-corrected chi connectivity index (χ3v) is 10.2. The van der Waals surface area contributed by atoms with Crippen molar-refractivity contribution in [2.24, 2.45) is 20.0 Å². The van der Waals surface area contributed by atoms with Gasteiger partial charge in [0.05, 0.1) is 42.0 Å². The third kappa shape index (κ3) is 8.14. The quantitative estimate of drug-likeness (QED) is 0.0954. The van der Waals surface area contributed by atoms with E-state index in [0.717, 1.165) is 24.5 Å². The number of para-hydroxylation sites is 1. The highest BCUT2D eigenvalue weighted by Gasteiger charge is 2.55. The summed E-state index contributed by atoms with van der Waals surface area (Å²) in [6, 6.07) is 9.30. The van der Waals surface area contributed by atoms with Gasteiger partial charge in [-0.15, -0.1) is 6.58 Å². The number of anilines is 1. The molecule has 4 heterocycles. The summed E-state index contributed by atoms with van der Waals surface area (Å²) in [6.07, 6.45) is -1.38. The predicted octanol–water partition coefficient (Wildman–Crippen LogP) is 6.18. The summed E-state index contributed by atoms with van der Waals surface area (Å²) in [4.78, 5) is 22.8. The minimum atomic E-state index is -5.12. The van der Waals surface area contributed by atoms with Crippen molar-refractivity contribution in [3.05, 3.63) is 125 Å². The number of carbonyl (C=O) groups excluding carboxylic acids is 1. The van der Waals surface area contributed by atoms with Gasteiger partial charge in [-0.2, -0.15) is 32.1 Å². The van der Waals surface area contributed by atoms with Gasteiger partial charge in [-0.05, 0) is 60.6 Å². The molecule has 0 aliphatic heterocycles. The summed E-state index contributed by atoms with van der Waals surface area (Å²) in [5, 5.41) is 10.8. The van der Waals surface area contributed by atoms with Crippen LogP contribution in [0.2, 0.25) is 0 Å². The number of allylic oxidation sites excluding steroid dienone is 1. The highest BCUT2D eigenvalue weighted by molar-refractivity contribution is 7.92. The van der Waals surface area contributed by atoms with Crippen LogP contribution in [0, 0.1) is 29.4 Å². The Morgan fingerprint density at radius 3 is 2.44 bits per heavy atom. The number of nitrogens with zero attached hydrogens (tertiary/aromatic N) is 7. The van der Waals surface area contributed by atoms with Crippen molar-refractivity contribution in [3.8, 4) is 23.0 Å². The van der Waals surface area contributed by atoms with Crippen LogP contribution in [0.25, 0.3) is 22.0 Å². The van der Waals surface area contributed by atoms with Gasteiger partial charge in [0, 0.05) is 42.2 Å². The number of benzene rings is 2. The number of sulfonamides is 1. The summed E-state index contributed by atoms with van der Waals surface area (Å²) in [5.74, 6) is -2.69. The molecule has 306 valence electrons. The van der Waals surface area contributed by atoms with E-state index < -0.39 is 81.5 Å². The molecule has 0 spiro atoms. The van der Waals surface area contributed by atoms with Gasteiger partial charge < -0.3 is 9.88 Å². The number of hydrogen-bond donors (Lipinski definition) is 2. The zero-order valence-corrected chi connectivity index (χ0v) is 32.1. The van der Waals surface area contributed by atoms with Crippen LogP contribution in [0.4, 0.5) is 36.6 Å². The Hall–Kier alpha value is -6.49. The normalized spacial score (nSPS) is 15.4. The first-order chi connectivity index (χ1) is 27.7. The zero-order valence-electron chi connectivity index (χ0n) is 31.2. The van der Waals surface area contributed by atoms with E-state index in [0.29, 0.717) is 32.9 Å². The van der Waals surface area contributed by atoms with Gasteiger partial charge >= 0.3 is 6.18 Å². The number of hydrogen-bond acceptors (Lipinski definition) is 7. The second-order valence-corrected chi connectivity index (χ2v) is 15.7. The van der Waals surface area contributed by atoms with Crippen molar-refractivity contribution in [2.45, 2.75) is 37.5 Å². The van der Waals surface area contributed by atoms with Gasteiger partial charge in [0.15, 0.2) is 11.5 Å². The Bertz CT molecular complexity index is 2810. The van der Waals surface area contributed by atoms with Crippen LogP contribution in [0.3, 0.4) is 0 Å². The Balaban J connectivity index is 1.39. The number of amides is 1. The molecule has 0 fully saturated rings. The number of fused-ring (bicyclic) bond motifs is 2. The largest absolute Gasteiger partial charge is 0.435 e. The molecule has 7 rings (SSSR count). The molecule has 1 aliphatic rings. The number of aromatic nitrogens is 7. The highest BCUT2D eigenvalue weighted by Crippen LogP contribution is 2.50. The van der Waals surface area contributed by atoms with Gasteiger partial charge in [-0.3, -0.25) is 18.9 Å². The van der Waals surface area contributed by atoms with Crippen molar-refractivity contribution in [1.29, 1.82) is 0 Å². The lowest BCUT2D eigenvalue weighted by atomic mass is 9.93. The van der Waals surface area contributed by atoms with Crippen molar-refractivity contribution in [3.63, 3.8) is 0 Å². The summed E-state index contributed by atoms with van der Waals surface area (Å²) in [7, 11) is -0.514. The molecule has 0 bridgehead atoms. The molecule has 1 aliphatic carbocycles. The minimum absolute atomic E-state index is 0.000544. The fraction of sp³-hybridized carbons (Fsp3) is 0.256. The molecule has 59 heavy (non-hydrogen) atoms. The highest BCUT2D eigenvalue weighted by atomic mass is 32.2. The van der Waals surface area contributed by atoms with E-state index in [-0.39, 0.29) is 34.8 Å². The maximum atomic E-state index is 15.6. The topological polar surface area (TPSA) is 142 Å². The smallest absolute Gasteiger partial charge is 0.346 e. The summed E-state index contributed by atoms with van der Waals surface area (Å²) in [6.45, 7) is 2.23. The first-order valence-electron chi connectivity index (χ1n) is 17.6. The lowest BCUT2D eigenvalue weighted by Gasteiger charge is -2.23. The van der Waals surface area contributed by atoms with Crippen molar-refractivity contribution in [2.75, 3.05) is 11.0 Å². The van der Waals surface area contributed by atoms with E-state index in [1.165, 1.54) is 17.2 Å². The number of imidazole rings is 1. The molecular weight excluding hydrogens is 808 g/mol. The Morgan fingerprint density at radius 2 is 1.80 bits per heavy atom. The third-order valence-electron chi connectivity index (χ3n) is 9.63. The lowest BCUT2D eigenvalue weighted by molar-refractivity contribution is -0.142. The lowest BCUT2D eigenvalue weighted by Crippen LogP contribution is -2.35. The summed E-state index contributed by atoms with van der Waals surface area (Å²) >= 11 is 0.